The topological polar surface area (TPSA) is 53.5 Å². The molecule has 0 aliphatic heterocycles. The molecule has 0 amide bonds. The first-order valence-corrected chi connectivity index (χ1v) is 14.6. The first-order valence-electron chi connectivity index (χ1n) is 13.8. The lowest BCUT2D eigenvalue weighted by atomic mass is 9.70. The SMILES string of the molecule is C=C(NCC(Cc1cccc(C)c1)NC(=C=O)c1cc(/C(C)=C(\[B]C)C=NC)c(CC)s1)C(C)CCCC. The summed E-state index contributed by atoms with van der Waals surface area (Å²) in [5.41, 5.74) is 7.46. The molecule has 0 bridgehead atoms. The Hall–Kier alpha value is -2.82. The molecule has 1 heterocycles. The fraction of sp³-hybridized carbons (Fsp3) is 0.469. The Morgan fingerprint density at radius 1 is 1.29 bits per heavy atom. The second kappa shape index (κ2) is 16.2. The van der Waals surface area contributed by atoms with Crippen LogP contribution >= 0.6 is 11.3 Å². The summed E-state index contributed by atoms with van der Waals surface area (Å²) in [6, 6.07) is 10.7. The van der Waals surface area contributed by atoms with Crippen molar-refractivity contribution in [3.63, 3.8) is 0 Å². The molecular weight excluding hydrogens is 485 g/mol. The number of allylic oxidation sites excluding steroid dienone is 3. The van der Waals surface area contributed by atoms with Crippen LogP contribution in [0.4, 0.5) is 0 Å². The van der Waals surface area contributed by atoms with Gasteiger partial charge in [-0.15, -0.1) is 11.3 Å². The third-order valence-electron chi connectivity index (χ3n) is 6.97. The molecule has 0 aliphatic carbocycles. The number of nitrogens with zero attached hydrogens (tertiary/aromatic N) is 1. The molecule has 2 N–H and O–H groups in total. The van der Waals surface area contributed by atoms with Gasteiger partial charge in [-0.2, -0.15) is 0 Å². The van der Waals surface area contributed by atoms with E-state index in [1.807, 2.05) is 13.0 Å². The Morgan fingerprint density at radius 2 is 2.05 bits per heavy atom. The molecule has 0 fully saturated rings. The Balaban J connectivity index is 2.34. The van der Waals surface area contributed by atoms with Gasteiger partial charge in [0.25, 0.3) is 0 Å². The fourth-order valence-electron chi connectivity index (χ4n) is 4.58. The van der Waals surface area contributed by atoms with Crippen LogP contribution in [0.1, 0.15) is 73.4 Å². The maximum Gasteiger partial charge on any atom is 0.151 e. The van der Waals surface area contributed by atoms with Gasteiger partial charge in [-0.25, -0.2) is 4.79 Å². The highest BCUT2D eigenvalue weighted by Crippen LogP contribution is 2.33. The molecule has 4 nitrogen and oxygen atoms in total. The summed E-state index contributed by atoms with van der Waals surface area (Å²) in [6.07, 6.45) is 7.08. The normalized spacial score (nSPS) is 13.4. The highest BCUT2D eigenvalue weighted by atomic mass is 32.1. The molecule has 1 radical (unpaired) electrons. The molecule has 0 aliphatic rings. The second-order valence-corrected chi connectivity index (χ2v) is 11.2. The zero-order valence-electron chi connectivity index (χ0n) is 24.4. The first kappa shape index (κ1) is 31.4. The molecule has 203 valence electrons. The number of aliphatic imine (C=N–C) groups is 1. The highest BCUT2D eigenvalue weighted by Gasteiger charge is 2.19. The lowest BCUT2D eigenvalue weighted by Gasteiger charge is -2.24. The van der Waals surface area contributed by atoms with Crippen LogP contribution in [0, 0.1) is 12.8 Å². The van der Waals surface area contributed by atoms with Gasteiger partial charge in [0, 0.05) is 36.4 Å². The average Bonchev–Trinajstić information content (AvgIpc) is 3.35. The van der Waals surface area contributed by atoms with Crippen molar-refractivity contribution >= 4 is 42.0 Å². The van der Waals surface area contributed by atoms with Crippen molar-refractivity contribution < 1.29 is 4.79 Å². The smallest absolute Gasteiger partial charge is 0.151 e. The zero-order valence-corrected chi connectivity index (χ0v) is 25.2. The standard InChI is InChI=1S/C32H45BN3OS/c1-9-11-14-23(4)25(6)35-19-27(17-26-15-12-13-22(3)16-26)36-30(21-37)32-18-28(31(10-2)38-32)24(5)29(33-7)20-34-8/h12-13,15-16,18,20,23,27,35-36H,6,9-11,14,17,19H2,1-5,7-8H3/b29-24-,34-20?. The minimum absolute atomic E-state index is 0.00222. The number of nitrogens with one attached hydrogen (secondary N) is 2. The second-order valence-electron chi connectivity index (χ2n) is 10.0. The minimum atomic E-state index is 0.00222. The van der Waals surface area contributed by atoms with Gasteiger partial charge < -0.3 is 10.6 Å². The van der Waals surface area contributed by atoms with E-state index in [4.69, 9.17) is 0 Å². The Labute approximate surface area is 235 Å². The number of carbonyl (C=O) groups excluding carboxylic acids is 1. The van der Waals surface area contributed by atoms with E-state index in [2.05, 4.69) is 100 Å². The molecule has 2 atom stereocenters. The number of hydrogen-bond acceptors (Lipinski definition) is 5. The van der Waals surface area contributed by atoms with E-state index in [9.17, 15) is 4.79 Å². The van der Waals surface area contributed by atoms with Gasteiger partial charge in [0.05, 0.1) is 4.88 Å². The number of unbranched alkanes of at least 4 members (excludes halogenated alkanes) is 1. The van der Waals surface area contributed by atoms with Crippen LogP contribution in [-0.2, 0) is 17.6 Å². The summed E-state index contributed by atoms with van der Waals surface area (Å²) in [5.74, 6) is 2.63. The van der Waals surface area contributed by atoms with Crippen LogP contribution in [0.3, 0.4) is 0 Å². The third kappa shape index (κ3) is 9.18. The Kier molecular flexibility index (Phi) is 13.4. The van der Waals surface area contributed by atoms with Crippen molar-refractivity contribution in [2.75, 3.05) is 13.6 Å². The summed E-state index contributed by atoms with van der Waals surface area (Å²) in [5, 5.41) is 7.11. The van der Waals surface area contributed by atoms with Crippen LogP contribution in [0.25, 0.3) is 11.3 Å². The molecule has 1 aromatic heterocycles. The summed E-state index contributed by atoms with van der Waals surface area (Å²) in [6.45, 7) is 17.8. The molecule has 2 aromatic rings. The van der Waals surface area contributed by atoms with E-state index in [1.54, 1.807) is 18.4 Å². The van der Waals surface area contributed by atoms with Crippen molar-refractivity contribution in [1.29, 1.82) is 0 Å². The number of aryl methyl sites for hydroxylation is 2. The maximum absolute atomic E-state index is 12.3. The zero-order chi connectivity index (χ0) is 28.1. The van der Waals surface area contributed by atoms with Gasteiger partial charge in [-0.05, 0) is 61.8 Å². The largest absolute Gasteiger partial charge is 0.387 e. The van der Waals surface area contributed by atoms with Crippen molar-refractivity contribution in [3.8, 4) is 0 Å². The van der Waals surface area contributed by atoms with Crippen LogP contribution in [0.2, 0.25) is 6.82 Å². The number of benzene rings is 1. The van der Waals surface area contributed by atoms with E-state index < -0.39 is 0 Å². The van der Waals surface area contributed by atoms with Gasteiger partial charge in [-0.3, -0.25) is 4.99 Å². The van der Waals surface area contributed by atoms with Crippen LogP contribution in [-0.4, -0.2) is 39.1 Å². The number of hydrogen-bond donors (Lipinski definition) is 2. The summed E-state index contributed by atoms with van der Waals surface area (Å²) >= 11 is 1.66. The van der Waals surface area contributed by atoms with Gasteiger partial charge in [-0.1, -0.05) is 82.3 Å². The number of rotatable bonds is 16. The first-order chi connectivity index (χ1) is 18.3. The lowest BCUT2D eigenvalue weighted by molar-refractivity contribution is 0.498. The molecule has 0 spiro atoms. The van der Waals surface area contributed by atoms with E-state index in [0.29, 0.717) is 18.2 Å². The average molecular weight is 531 g/mol. The predicted octanol–water partition coefficient (Wildman–Crippen LogP) is 7.11. The lowest BCUT2D eigenvalue weighted by Crippen LogP contribution is -2.40. The van der Waals surface area contributed by atoms with Crippen molar-refractivity contribution in [1.82, 2.24) is 10.6 Å². The van der Waals surface area contributed by atoms with Crippen molar-refractivity contribution in [2.45, 2.75) is 79.6 Å². The molecule has 1 aromatic carbocycles. The van der Waals surface area contributed by atoms with Crippen molar-refractivity contribution in [3.05, 3.63) is 74.5 Å². The molecule has 6 heteroatoms. The quantitative estimate of drug-likeness (QED) is 0.138. The van der Waals surface area contributed by atoms with Gasteiger partial charge >= 0.3 is 0 Å². The summed E-state index contributed by atoms with van der Waals surface area (Å²) < 4.78 is 0. The van der Waals surface area contributed by atoms with Crippen molar-refractivity contribution in [2.24, 2.45) is 10.9 Å². The Bertz CT molecular complexity index is 1170. The van der Waals surface area contributed by atoms with Gasteiger partial charge in [0.15, 0.2) is 13.2 Å². The van der Waals surface area contributed by atoms with E-state index in [-0.39, 0.29) is 6.04 Å². The maximum atomic E-state index is 12.3. The van der Waals surface area contributed by atoms with Gasteiger partial charge in [0.2, 0.25) is 0 Å². The van der Waals surface area contributed by atoms with Crippen LogP contribution in [0.5, 0.6) is 0 Å². The third-order valence-corrected chi connectivity index (χ3v) is 8.27. The van der Waals surface area contributed by atoms with Crippen LogP contribution in [0.15, 0.2) is 53.1 Å². The van der Waals surface area contributed by atoms with E-state index in [1.165, 1.54) is 34.4 Å². The van der Waals surface area contributed by atoms with Gasteiger partial charge in [0.1, 0.15) is 5.70 Å². The summed E-state index contributed by atoms with van der Waals surface area (Å²) in [7, 11) is 3.86. The summed E-state index contributed by atoms with van der Waals surface area (Å²) in [4.78, 5) is 18.7. The van der Waals surface area contributed by atoms with E-state index >= 15 is 0 Å². The van der Waals surface area contributed by atoms with E-state index in [0.717, 1.165) is 40.9 Å². The Morgan fingerprint density at radius 3 is 2.66 bits per heavy atom. The molecular formula is C32H45BN3OS. The molecule has 2 unspecified atom stereocenters. The molecule has 38 heavy (non-hydrogen) atoms. The minimum Gasteiger partial charge on any atom is -0.387 e. The molecule has 2 rings (SSSR count). The fourth-order valence-corrected chi connectivity index (χ4v) is 5.69. The molecule has 0 saturated carbocycles. The highest BCUT2D eigenvalue weighted by molar-refractivity contribution is 7.13. The predicted molar refractivity (Wildman–Crippen MR) is 169 cm³/mol. The van der Waals surface area contributed by atoms with Crippen LogP contribution < -0.4 is 10.6 Å². The molecule has 0 saturated heterocycles. The monoisotopic (exact) mass is 530 g/mol. The number of thiophene rings is 1.